The number of aryl methyl sites for hydroxylation is 1. The van der Waals surface area contributed by atoms with Crippen molar-refractivity contribution in [1.82, 2.24) is 4.98 Å². The molecule has 0 unspecified atom stereocenters. The average molecular weight is 409 g/mol. The Labute approximate surface area is 117 Å². The van der Waals surface area contributed by atoms with E-state index in [2.05, 4.69) is 4.98 Å². The van der Waals surface area contributed by atoms with Crippen molar-refractivity contribution in [2.45, 2.75) is 20.5 Å². The second kappa shape index (κ2) is 5.74. The van der Waals surface area contributed by atoms with Crippen LogP contribution in [0.15, 0.2) is 6.20 Å². The van der Waals surface area contributed by atoms with Gasteiger partial charge in [0.1, 0.15) is 0 Å². The first kappa shape index (κ1) is 14.0. The van der Waals surface area contributed by atoms with Gasteiger partial charge in [-0.1, -0.05) is 0 Å². The van der Waals surface area contributed by atoms with Crippen LogP contribution in [-0.2, 0) is 6.61 Å². The van der Waals surface area contributed by atoms with Crippen LogP contribution in [0.1, 0.15) is 16.8 Å². The molecular formula is C8H10AcN2O3. The third kappa shape index (κ3) is 2.72. The number of pyridine rings is 1. The number of rotatable bonds is 2. The van der Waals surface area contributed by atoms with E-state index in [4.69, 9.17) is 5.11 Å². The maximum atomic E-state index is 10.6. The van der Waals surface area contributed by atoms with E-state index in [0.29, 0.717) is 16.8 Å². The van der Waals surface area contributed by atoms with E-state index in [1.807, 2.05) is 0 Å². The van der Waals surface area contributed by atoms with Gasteiger partial charge in [0.05, 0.1) is 22.8 Å². The van der Waals surface area contributed by atoms with E-state index in [-0.39, 0.29) is 56.4 Å². The standard InChI is InChI=1S/C8H10N2O3.Ac/c1-5-3-9-7(4-11)6(2)8(5)10(12)13;/h3,11H,4H2,1-2H3;. The summed E-state index contributed by atoms with van der Waals surface area (Å²) in [5.74, 6) is 0. The van der Waals surface area contributed by atoms with Gasteiger partial charge in [0.15, 0.2) is 0 Å². The van der Waals surface area contributed by atoms with Crippen molar-refractivity contribution in [3.8, 4) is 0 Å². The zero-order valence-electron chi connectivity index (χ0n) is 8.02. The normalized spacial score (nSPS) is 9.36. The van der Waals surface area contributed by atoms with Crippen molar-refractivity contribution in [3.05, 3.63) is 33.1 Å². The number of nitro groups is 1. The van der Waals surface area contributed by atoms with Gasteiger partial charge in [-0.3, -0.25) is 15.1 Å². The molecule has 1 heterocycles. The Kier molecular flexibility index (Phi) is 5.72. The van der Waals surface area contributed by atoms with Crippen molar-refractivity contribution >= 4 is 5.69 Å². The summed E-state index contributed by atoms with van der Waals surface area (Å²) in [7, 11) is 0. The molecule has 1 N–H and O–H groups in total. The minimum Gasteiger partial charge on any atom is -0.390 e. The number of aromatic nitrogens is 1. The molecule has 1 radical (unpaired) electrons. The topological polar surface area (TPSA) is 76.3 Å². The number of nitrogens with zero attached hydrogens (tertiary/aromatic N) is 2. The molecule has 0 spiro atoms. The first-order valence-corrected chi connectivity index (χ1v) is 3.78. The van der Waals surface area contributed by atoms with Crippen LogP contribution in [0.25, 0.3) is 0 Å². The number of hydrogen-bond acceptors (Lipinski definition) is 4. The Balaban J connectivity index is 0.00000169. The van der Waals surface area contributed by atoms with Crippen molar-refractivity contribution < 1.29 is 54.1 Å². The van der Waals surface area contributed by atoms with Gasteiger partial charge in [-0.05, 0) is 13.8 Å². The first-order chi connectivity index (χ1) is 6.07. The molecule has 1 aromatic rings. The van der Waals surface area contributed by atoms with Gasteiger partial charge in [-0.2, -0.15) is 0 Å². The van der Waals surface area contributed by atoms with E-state index >= 15 is 0 Å². The molecule has 1 rings (SSSR count). The molecule has 5 nitrogen and oxygen atoms in total. The predicted octanol–water partition coefficient (Wildman–Crippen LogP) is 1.10. The number of aliphatic hydroxyl groups is 1. The summed E-state index contributed by atoms with van der Waals surface area (Å²) < 4.78 is 0. The molecule has 0 aliphatic carbocycles. The van der Waals surface area contributed by atoms with Crippen LogP contribution in [0.4, 0.5) is 5.69 Å². The summed E-state index contributed by atoms with van der Waals surface area (Å²) in [6, 6.07) is 0. The van der Waals surface area contributed by atoms with Gasteiger partial charge in [0, 0.05) is 55.8 Å². The second-order valence-corrected chi connectivity index (χ2v) is 2.78. The summed E-state index contributed by atoms with van der Waals surface area (Å²) >= 11 is 0. The van der Waals surface area contributed by atoms with Gasteiger partial charge in [0.25, 0.3) is 5.69 Å². The van der Waals surface area contributed by atoms with E-state index in [1.165, 1.54) is 6.20 Å². The van der Waals surface area contributed by atoms with Gasteiger partial charge >= 0.3 is 0 Å². The minimum atomic E-state index is -0.453. The van der Waals surface area contributed by atoms with Gasteiger partial charge < -0.3 is 5.11 Å². The molecule has 0 fully saturated rings. The molecule has 0 saturated heterocycles. The molecule has 73 valence electrons. The quantitative estimate of drug-likeness (QED) is 0.587. The van der Waals surface area contributed by atoms with Crippen molar-refractivity contribution in [3.63, 3.8) is 0 Å². The Morgan fingerprint density at radius 3 is 2.57 bits per heavy atom. The van der Waals surface area contributed by atoms with Crippen LogP contribution in [-0.4, -0.2) is 15.0 Å². The molecule has 0 amide bonds. The van der Waals surface area contributed by atoms with Crippen LogP contribution in [0.5, 0.6) is 0 Å². The summed E-state index contributed by atoms with van der Waals surface area (Å²) in [5, 5.41) is 19.4. The Bertz CT molecular complexity index is 355. The maximum absolute atomic E-state index is 10.6. The molecule has 6 heteroatoms. The molecule has 0 bridgehead atoms. The Morgan fingerprint density at radius 2 is 2.14 bits per heavy atom. The average Bonchev–Trinajstić information content (AvgIpc) is 2.04. The molecule has 0 atom stereocenters. The van der Waals surface area contributed by atoms with Crippen LogP contribution in [0.3, 0.4) is 0 Å². The zero-order valence-corrected chi connectivity index (χ0v) is 12.8. The number of hydrogen-bond donors (Lipinski definition) is 1. The van der Waals surface area contributed by atoms with Gasteiger partial charge in [-0.25, -0.2) is 0 Å². The molecule has 0 aliphatic heterocycles. The fourth-order valence-electron chi connectivity index (χ4n) is 1.21. The SMILES string of the molecule is Cc1cnc(CO)c(C)c1[N+](=O)[O-].[Ac]. The fourth-order valence-corrected chi connectivity index (χ4v) is 1.21. The van der Waals surface area contributed by atoms with Crippen molar-refractivity contribution in [1.29, 1.82) is 0 Å². The van der Waals surface area contributed by atoms with Gasteiger partial charge in [0.2, 0.25) is 0 Å². The molecule has 14 heavy (non-hydrogen) atoms. The third-order valence-electron chi connectivity index (χ3n) is 1.91. The minimum absolute atomic E-state index is 0. The van der Waals surface area contributed by atoms with Crippen LogP contribution < -0.4 is 0 Å². The maximum Gasteiger partial charge on any atom is 0.278 e. The summed E-state index contributed by atoms with van der Waals surface area (Å²) in [6.45, 7) is 2.94. The summed E-state index contributed by atoms with van der Waals surface area (Å²) in [5.41, 5.74) is 1.35. The molecule has 0 aliphatic rings. The molecule has 0 aromatic carbocycles. The number of aliphatic hydroxyl groups excluding tert-OH is 1. The monoisotopic (exact) mass is 409 g/mol. The predicted molar refractivity (Wildman–Crippen MR) is 46.3 cm³/mol. The van der Waals surface area contributed by atoms with Crippen LogP contribution >= 0.6 is 0 Å². The largest absolute Gasteiger partial charge is 0.390 e. The van der Waals surface area contributed by atoms with Crippen molar-refractivity contribution in [2.24, 2.45) is 0 Å². The van der Waals surface area contributed by atoms with Gasteiger partial charge in [-0.15, -0.1) is 0 Å². The third-order valence-corrected chi connectivity index (χ3v) is 1.91. The van der Waals surface area contributed by atoms with E-state index in [1.54, 1.807) is 13.8 Å². The molecular weight excluding hydrogens is 399 g/mol. The van der Waals surface area contributed by atoms with Crippen molar-refractivity contribution in [2.75, 3.05) is 0 Å². The fraction of sp³-hybridized carbons (Fsp3) is 0.375. The van der Waals surface area contributed by atoms with E-state index < -0.39 is 4.92 Å². The van der Waals surface area contributed by atoms with E-state index in [9.17, 15) is 10.1 Å². The molecule has 0 saturated carbocycles. The smallest absolute Gasteiger partial charge is 0.278 e. The Morgan fingerprint density at radius 1 is 1.57 bits per heavy atom. The first-order valence-electron chi connectivity index (χ1n) is 3.78. The van der Waals surface area contributed by atoms with Crippen LogP contribution in [0.2, 0.25) is 0 Å². The summed E-state index contributed by atoms with van der Waals surface area (Å²) in [4.78, 5) is 14.0. The summed E-state index contributed by atoms with van der Waals surface area (Å²) in [6.07, 6.45) is 1.40. The molecule has 1 aromatic heterocycles. The second-order valence-electron chi connectivity index (χ2n) is 2.78. The zero-order chi connectivity index (χ0) is 10.0. The van der Waals surface area contributed by atoms with Crippen LogP contribution in [0, 0.1) is 68.0 Å². The Hall–Kier alpha value is -0.0484. The van der Waals surface area contributed by atoms with E-state index in [0.717, 1.165) is 0 Å².